The lowest BCUT2D eigenvalue weighted by Crippen LogP contribution is -2.38. The quantitative estimate of drug-likeness (QED) is 0.567. The molecule has 0 fully saturated rings. The Balaban J connectivity index is 4.40. The van der Waals surface area contributed by atoms with Gasteiger partial charge in [-0.15, -0.1) is 0 Å². The molecule has 7 heteroatoms. The minimum atomic E-state index is -4.34. The van der Waals surface area contributed by atoms with Crippen LogP contribution < -0.4 is 0 Å². The molecular weight excluding hydrogens is 413 g/mol. The summed E-state index contributed by atoms with van der Waals surface area (Å²) in [6, 6.07) is 0. The van der Waals surface area contributed by atoms with E-state index in [-0.39, 0.29) is 0 Å². The molecule has 0 saturated carbocycles. The van der Waals surface area contributed by atoms with E-state index in [1.54, 1.807) is 0 Å². The molecule has 0 bridgehead atoms. The summed E-state index contributed by atoms with van der Waals surface area (Å²) in [7, 11) is 0. The summed E-state index contributed by atoms with van der Waals surface area (Å²) in [6.07, 6.45) is -4.34. The van der Waals surface area contributed by atoms with Crippen LogP contribution in [0.1, 0.15) is 0 Å². The number of hydrogen-bond donors (Lipinski definition) is 0. The van der Waals surface area contributed by atoms with Crippen molar-refractivity contribution in [3.63, 3.8) is 0 Å². The molecule has 0 rings (SSSR count). The number of rotatable bonds is 1. The molecule has 0 aromatic heterocycles. The van der Waals surface area contributed by atoms with E-state index in [1.807, 2.05) is 0 Å². The van der Waals surface area contributed by atoms with E-state index in [9.17, 15) is 13.2 Å². The van der Waals surface area contributed by atoms with Crippen molar-refractivity contribution in [2.45, 2.75) is 13.1 Å². The van der Waals surface area contributed by atoms with Gasteiger partial charge in [-0.05, 0) is 0 Å². The third-order valence-corrected chi connectivity index (χ3v) is 6.30. The minimum absolute atomic E-state index is 0.910. The van der Waals surface area contributed by atoms with E-state index in [4.69, 9.17) is 0 Å². The lowest BCUT2D eigenvalue weighted by Gasteiger charge is -2.24. The zero-order valence-corrected chi connectivity index (χ0v) is 10.6. The third kappa shape index (κ3) is 2.64. The van der Waals surface area contributed by atoms with Gasteiger partial charge in [-0.2, -0.15) is 13.2 Å². The molecule has 10 heavy (non-hydrogen) atoms. The van der Waals surface area contributed by atoms with Crippen LogP contribution in [0.5, 0.6) is 0 Å². The molecule has 0 aromatic rings. The summed E-state index contributed by atoms with van der Waals surface area (Å²) in [6.45, 7) is 0. The second-order valence-electron chi connectivity index (χ2n) is 1.42. The fraction of sp³-hybridized carbons (Fsp3) is 1.00. The molecule has 0 atom stereocenters. The zero-order chi connectivity index (χ0) is 8.58. The first-order valence-corrected chi connectivity index (χ1v) is 5.34. The Morgan fingerprint density at radius 2 is 1.30 bits per heavy atom. The normalized spacial score (nSPS) is 14.4. The van der Waals surface area contributed by atoms with Gasteiger partial charge in [0.05, 0.1) is 0 Å². The van der Waals surface area contributed by atoms with Crippen molar-refractivity contribution in [2.75, 3.05) is 0 Å². The summed E-state index contributed by atoms with van der Waals surface area (Å²) in [5, 5.41) is 0. The van der Waals surface area contributed by atoms with E-state index in [1.165, 1.54) is 0 Å². The maximum absolute atomic E-state index is 11.9. The molecule has 0 nitrogen and oxygen atoms in total. The van der Waals surface area contributed by atoms with Gasteiger partial charge in [0.25, 0.3) is 0 Å². The Hall–Kier alpha value is 1.71. The number of alkyl halides is 7. The predicted octanol–water partition coefficient (Wildman–Crippen LogP) is 4.15. The summed E-state index contributed by atoms with van der Waals surface area (Å²) in [5.74, 6) is 0. The average molecular weight is 414 g/mol. The molecule has 0 heterocycles. The SMILES string of the molecule is FC(F)(F)C(Br)(Br)C(Br)Br. The Morgan fingerprint density at radius 1 is 1.00 bits per heavy atom. The van der Waals surface area contributed by atoms with Crippen molar-refractivity contribution in [3.05, 3.63) is 0 Å². The van der Waals surface area contributed by atoms with E-state index in [2.05, 4.69) is 63.7 Å². The van der Waals surface area contributed by atoms with Gasteiger partial charge in [0, 0.05) is 0 Å². The van der Waals surface area contributed by atoms with E-state index in [0.717, 1.165) is 0 Å². The number of halogens is 7. The second kappa shape index (κ2) is 3.62. The molecule has 0 aliphatic rings. The van der Waals surface area contributed by atoms with Gasteiger partial charge in [-0.25, -0.2) is 0 Å². The first-order valence-electron chi connectivity index (χ1n) is 1.92. The highest BCUT2D eigenvalue weighted by Crippen LogP contribution is 2.50. The van der Waals surface area contributed by atoms with Crippen LogP contribution in [0, 0.1) is 0 Å². The van der Waals surface area contributed by atoms with E-state index < -0.39 is 13.1 Å². The monoisotopic (exact) mass is 410 g/mol. The van der Waals surface area contributed by atoms with E-state index in [0.29, 0.717) is 0 Å². The van der Waals surface area contributed by atoms with Gasteiger partial charge in [0.2, 0.25) is 0 Å². The molecule has 0 aliphatic heterocycles. The minimum Gasteiger partial charge on any atom is -0.168 e. The number of hydrogen-bond acceptors (Lipinski definition) is 0. The Labute approximate surface area is 89.4 Å². The Morgan fingerprint density at radius 3 is 1.30 bits per heavy atom. The third-order valence-electron chi connectivity index (χ3n) is 0.652. The fourth-order valence-corrected chi connectivity index (χ4v) is 0.643. The lowest BCUT2D eigenvalue weighted by molar-refractivity contribution is -0.130. The van der Waals surface area contributed by atoms with Crippen molar-refractivity contribution >= 4 is 63.7 Å². The van der Waals surface area contributed by atoms with Gasteiger partial charge < -0.3 is 0 Å². The molecule has 0 amide bonds. The second-order valence-corrected chi connectivity index (χ2v) is 8.05. The van der Waals surface area contributed by atoms with Gasteiger partial charge >= 0.3 is 6.18 Å². The predicted molar refractivity (Wildman–Crippen MR) is 48.3 cm³/mol. The van der Waals surface area contributed by atoms with Gasteiger partial charge in [0.15, 0.2) is 3.23 Å². The molecule has 0 saturated heterocycles. The van der Waals surface area contributed by atoms with Crippen LogP contribution >= 0.6 is 63.7 Å². The van der Waals surface area contributed by atoms with Crippen molar-refractivity contribution in [1.82, 2.24) is 0 Å². The standard InChI is InChI=1S/C3HBr4F3/c4-1(5)2(6,7)3(8,9)10/h1H. The summed E-state index contributed by atoms with van der Waals surface area (Å²) >= 11 is 10.4. The van der Waals surface area contributed by atoms with Crippen molar-refractivity contribution < 1.29 is 13.2 Å². The molecule has 0 aliphatic carbocycles. The van der Waals surface area contributed by atoms with Crippen LogP contribution in [0.4, 0.5) is 13.2 Å². The molecule has 0 aromatic carbocycles. The van der Waals surface area contributed by atoms with Crippen molar-refractivity contribution in [3.8, 4) is 0 Å². The maximum atomic E-state index is 11.9. The zero-order valence-electron chi connectivity index (χ0n) is 4.22. The molecule has 0 spiro atoms. The van der Waals surface area contributed by atoms with E-state index >= 15 is 0 Å². The Bertz CT molecular complexity index is 117. The molecule has 0 radical (unpaired) electrons. The fourth-order valence-electron chi connectivity index (χ4n) is 0.124. The van der Waals surface area contributed by atoms with Crippen LogP contribution in [0.3, 0.4) is 0 Å². The maximum Gasteiger partial charge on any atom is 0.415 e. The lowest BCUT2D eigenvalue weighted by atomic mass is 10.5. The topological polar surface area (TPSA) is 0 Å². The Kier molecular flexibility index (Phi) is 4.23. The summed E-state index contributed by atoms with van der Waals surface area (Å²) in [5.41, 5.74) is 0. The van der Waals surface area contributed by atoms with Crippen LogP contribution in [-0.2, 0) is 0 Å². The van der Waals surface area contributed by atoms with Gasteiger partial charge in [-0.1, -0.05) is 63.7 Å². The highest BCUT2D eigenvalue weighted by atomic mass is 79.9. The van der Waals surface area contributed by atoms with Crippen LogP contribution in [0.2, 0.25) is 0 Å². The molecular formula is C3HBr4F3. The molecule has 62 valence electrons. The summed E-state index contributed by atoms with van der Waals surface area (Å²) < 4.78 is 32.8. The highest BCUT2D eigenvalue weighted by Gasteiger charge is 2.55. The first kappa shape index (κ1) is 11.7. The van der Waals surface area contributed by atoms with Crippen LogP contribution in [0.15, 0.2) is 0 Å². The molecule has 0 unspecified atom stereocenters. The van der Waals surface area contributed by atoms with Crippen LogP contribution in [0.25, 0.3) is 0 Å². The first-order chi connectivity index (χ1) is 4.19. The smallest absolute Gasteiger partial charge is 0.168 e. The van der Waals surface area contributed by atoms with Crippen LogP contribution in [-0.4, -0.2) is 13.1 Å². The van der Waals surface area contributed by atoms with Gasteiger partial charge in [-0.3, -0.25) is 0 Å². The van der Waals surface area contributed by atoms with Crippen molar-refractivity contribution in [2.24, 2.45) is 0 Å². The van der Waals surface area contributed by atoms with Gasteiger partial charge in [0.1, 0.15) is 3.74 Å². The van der Waals surface area contributed by atoms with Crippen molar-refractivity contribution in [1.29, 1.82) is 0 Å². The highest BCUT2D eigenvalue weighted by molar-refractivity contribution is 9.30. The molecule has 0 N–H and O–H groups in total. The summed E-state index contributed by atoms with van der Waals surface area (Å²) in [4.78, 5) is 0. The largest absolute Gasteiger partial charge is 0.415 e. The average Bonchev–Trinajstić information content (AvgIpc) is 1.62.